The highest BCUT2D eigenvalue weighted by Crippen LogP contribution is 2.39. The zero-order valence-corrected chi connectivity index (χ0v) is 44.2. The fourth-order valence-corrected chi connectivity index (χ4v) is 8.71. The van der Waals surface area contributed by atoms with Gasteiger partial charge in [0.1, 0.15) is 13.2 Å². The molecule has 0 spiro atoms. The molecule has 16 heteroatoms. The molecule has 0 bridgehead atoms. The average molecular weight is 1020 g/mol. The van der Waals surface area contributed by atoms with Gasteiger partial charge in [-0.15, -0.1) is 0 Å². The lowest BCUT2D eigenvalue weighted by Gasteiger charge is -2.26. The van der Waals surface area contributed by atoms with Crippen molar-refractivity contribution in [3.05, 3.63) is 124 Å². The Morgan fingerprint density at radius 1 is 0.770 bits per heavy atom. The zero-order chi connectivity index (χ0) is 52.8. The van der Waals surface area contributed by atoms with Crippen LogP contribution in [-0.4, -0.2) is 118 Å². The van der Waals surface area contributed by atoms with Crippen molar-refractivity contribution in [2.75, 3.05) is 108 Å². The van der Waals surface area contributed by atoms with Crippen LogP contribution in [0.3, 0.4) is 0 Å². The lowest BCUT2D eigenvalue weighted by molar-refractivity contribution is -0.118. The van der Waals surface area contributed by atoms with Crippen LogP contribution in [0, 0.1) is 0 Å². The van der Waals surface area contributed by atoms with Crippen molar-refractivity contribution < 1.29 is 47.5 Å². The fourth-order valence-electron chi connectivity index (χ4n) is 8.71. The number of likely N-dealkylation sites (N-methyl/N-ethyl adjacent to an activating group) is 1. The quantitative estimate of drug-likeness (QED) is 0.0276. The smallest absolute Gasteiger partial charge is 0.260 e. The molecule has 0 saturated carbocycles. The van der Waals surface area contributed by atoms with Crippen molar-refractivity contribution in [2.24, 2.45) is 10.7 Å². The van der Waals surface area contributed by atoms with Crippen LogP contribution in [0.5, 0.6) is 23.0 Å². The number of nitrogens with one attached hydrogen (secondary N) is 1. The highest BCUT2D eigenvalue weighted by Gasteiger charge is 2.29. The van der Waals surface area contributed by atoms with E-state index in [1.54, 1.807) is 50.4 Å². The number of anilines is 4. The lowest BCUT2D eigenvalue weighted by atomic mass is 10.1. The van der Waals surface area contributed by atoms with Gasteiger partial charge in [0, 0.05) is 88.2 Å². The predicted molar refractivity (Wildman–Crippen MR) is 293 cm³/mol. The first kappa shape index (κ1) is 56.2. The standard InChI is InChI=1S/C54H64N6O10.C4H10/c1-56-46-32-52(50(66-5)30-44(46)54(63)60-18-16-39-11-6-9-14-48(39)60)70-36-38-25-37(26-42(27-38)59(17-10-15-53(55)62)19-20-67-23-24-68-22-21-64-3)35-69-51-31-45(41(34-61)29-49(51)65-4)57-33-43-28-40-12-7-8-13-47(40)58(43)2;1-3-4-2/h6-9,11-14,25-27,29-34,43,56H,10,15-24,28,35-36H2,1-5H3,(H2,55,62);3-4H2,1-2H3. The van der Waals surface area contributed by atoms with Crippen molar-refractivity contribution in [3.63, 3.8) is 0 Å². The highest BCUT2D eigenvalue weighted by atomic mass is 16.5. The minimum Gasteiger partial charge on any atom is -0.493 e. The fraction of sp³-hybridized carbons (Fsp3) is 0.414. The Hall–Kier alpha value is -7.14. The zero-order valence-electron chi connectivity index (χ0n) is 44.2. The Labute approximate surface area is 436 Å². The van der Waals surface area contributed by atoms with E-state index in [1.807, 2.05) is 67.9 Å². The third kappa shape index (κ3) is 15.2. The van der Waals surface area contributed by atoms with E-state index in [0.29, 0.717) is 105 Å². The number of fused-ring (bicyclic) bond motifs is 2. The van der Waals surface area contributed by atoms with Crippen molar-refractivity contribution in [2.45, 2.75) is 71.6 Å². The Kier molecular flexibility index (Phi) is 22.0. The van der Waals surface area contributed by atoms with Crippen LogP contribution in [0.2, 0.25) is 0 Å². The first-order valence-electron chi connectivity index (χ1n) is 25.4. The van der Waals surface area contributed by atoms with Crippen molar-refractivity contribution in [1.82, 2.24) is 0 Å². The maximum Gasteiger partial charge on any atom is 0.260 e. The Morgan fingerprint density at radius 2 is 1.41 bits per heavy atom. The second-order valence-electron chi connectivity index (χ2n) is 18.0. The summed E-state index contributed by atoms with van der Waals surface area (Å²) in [6, 6.07) is 29.1. The second-order valence-corrected chi connectivity index (χ2v) is 18.0. The van der Waals surface area contributed by atoms with Gasteiger partial charge in [0.25, 0.3) is 5.91 Å². The van der Waals surface area contributed by atoms with Crippen LogP contribution in [0.1, 0.15) is 82.5 Å². The molecule has 16 nitrogen and oxygen atoms in total. The maximum atomic E-state index is 14.1. The molecule has 2 heterocycles. The van der Waals surface area contributed by atoms with Gasteiger partial charge < -0.3 is 58.9 Å². The number of primary amides is 1. The molecule has 2 amide bonds. The number of unbranched alkanes of at least 4 members (excludes halogenated alkanes) is 1. The van der Waals surface area contributed by atoms with Gasteiger partial charge in [-0.2, -0.15) is 0 Å². The predicted octanol–water partition coefficient (Wildman–Crippen LogP) is 9.24. The largest absolute Gasteiger partial charge is 0.493 e. The number of aliphatic imine (C=N–C) groups is 1. The summed E-state index contributed by atoms with van der Waals surface area (Å²) >= 11 is 0. The summed E-state index contributed by atoms with van der Waals surface area (Å²) in [6.45, 7) is 8.38. The second kappa shape index (κ2) is 28.9. The summed E-state index contributed by atoms with van der Waals surface area (Å²) in [6.07, 6.45) is 7.58. The highest BCUT2D eigenvalue weighted by molar-refractivity contribution is 6.11. The van der Waals surface area contributed by atoms with Crippen LogP contribution in [0.4, 0.5) is 28.4 Å². The van der Waals surface area contributed by atoms with Gasteiger partial charge in [-0.25, -0.2) is 0 Å². The number of para-hydroxylation sites is 2. The number of ether oxygens (including phenoxy) is 7. The van der Waals surface area contributed by atoms with Crippen LogP contribution in [0.15, 0.2) is 96.0 Å². The number of carbonyl (C=O) groups is 3. The molecule has 0 aromatic heterocycles. The van der Waals surface area contributed by atoms with Crippen LogP contribution < -0.4 is 44.7 Å². The van der Waals surface area contributed by atoms with E-state index in [4.69, 9.17) is 43.9 Å². The van der Waals surface area contributed by atoms with Gasteiger partial charge in [-0.1, -0.05) is 63.1 Å². The third-order valence-electron chi connectivity index (χ3n) is 12.9. The summed E-state index contributed by atoms with van der Waals surface area (Å²) in [7, 11) is 8.51. The summed E-state index contributed by atoms with van der Waals surface area (Å²) in [5, 5.41) is 3.19. The Bertz CT molecular complexity index is 2660. The molecular weight excluding hydrogens is 941 g/mol. The number of rotatable bonds is 28. The molecule has 396 valence electrons. The maximum absolute atomic E-state index is 14.1. The molecule has 2 aliphatic rings. The van der Waals surface area contributed by atoms with Gasteiger partial charge in [0.15, 0.2) is 29.3 Å². The number of carbonyl (C=O) groups excluding carboxylic acids is 3. The molecule has 0 saturated heterocycles. The molecule has 0 aliphatic carbocycles. The first-order chi connectivity index (χ1) is 36.0. The number of nitrogens with two attached hydrogens (primary N) is 1. The molecular formula is C58H74N6O10. The van der Waals surface area contributed by atoms with E-state index in [-0.39, 0.29) is 37.5 Å². The molecule has 1 atom stereocenters. The van der Waals surface area contributed by atoms with Gasteiger partial charge in [-0.3, -0.25) is 19.4 Å². The SMILES string of the molecule is CCCC.CNc1cc(OCc2cc(COc3cc(N=CC4Cc5ccccc5N4C)c(C=O)cc3OC)cc(N(CCCC(N)=O)CCOCCOCCOC)c2)c(OC)cc1C(=O)N1CCc2ccccc21. The number of hydrogen-bond donors (Lipinski definition) is 2. The average Bonchev–Trinajstić information content (AvgIpc) is 4.01. The van der Waals surface area contributed by atoms with Crippen molar-refractivity contribution >= 4 is 52.8 Å². The lowest BCUT2D eigenvalue weighted by Crippen LogP contribution is -2.30. The number of methoxy groups -OCH3 is 3. The van der Waals surface area contributed by atoms with E-state index in [9.17, 15) is 14.4 Å². The molecule has 3 N–H and O–H groups in total. The number of nitrogens with zero attached hydrogens (tertiary/aromatic N) is 4. The van der Waals surface area contributed by atoms with E-state index in [1.165, 1.54) is 25.5 Å². The molecule has 0 fully saturated rings. The number of amides is 2. The molecule has 7 rings (SSSR count). The van der Waals surface area contributed by atoms with Crippen LogP contribution in [-0.2, 0) is 45.1 Å². The Balaban J connectivity index is 0.00000215. The molecule has 74 heavy (non-hydrogen) atoms. The molecule has 5 aromatic rings. The molecule has 1 unspecified atom stereocenters. The molecule has 2 aliphatic heterocycles. The van der Waals surface area contributed by atoms with Gasteiger partial charge >= 0.3 is 0 Å². The summed E-state index contributed by atoms with van der Waals surface area (Å²) in [4.78, 5) is 49.2. The first-order valence-corrected chi connectivity index (χ1v) is 25.4. The van der Waals surface area contributed by atoms with E-state index >= 15 is 0 Å². The molecule has 5 aromatic carbocycles. The minimum absolute atomic E-state index is 0.00984. The summed E-state index contributed by atoms with van der Waals surface area (Å²) < 4.78 is 41.2. The van der Waals surface area contributed by atoms with Gasteiger partial charge in [0.05, 0.1) is 70.2 Å². The number of hydrogen-bond acceptors (Lipinski definition) is 14. The topological polar surface area (TPSA) is 176 Å². The summed E-state index contributed by atoms with van der Waals surface area (Å²) in [5.74, 6) is 1.10. The van der Waals surface area contributed by atoms with Crippen molar-refractivity contribution in [1.29, 1.82) is 0 Å². The van der Waals surface area contributed by atoms with Crippen LogP contribution >= 0.6 is 0 Å². The van der Waals surface area contributed by atoms with E-state index in [0.717, 1.165) is 52.9 Å². The van der Waals surface area contributed by atoms with E-state index in [2.05, 4.69) is 41.1 Å². The molecule has 0 radical (unpaired) electrons. The van der Waals surface area contributed by atoms with Gasteiger partial charge in [-0.05, 0) is 84.0 Å². The third-order valence-corrected chi connectivity index (χ3v) is 12.9. The van der Waals surface area contributed by atoms with Crippen LogP contribution in [0.25, 0.3) is 0 Å². The van der Waals surface area contributed by atoms with Crippen molar-refractivity contribution in [3.8, 4) is 23.0 Å². The number of benzene rings is 5. The van der Waals surface area contributed by atoms with Gasteiger partial charge in [0.2, 0.25) is 5.91 Å². The number of aldehydes is 1. The monoisotopic (exact) mass is 1010 g/mol. The Morgan fingerprint density at radius 3 is 2.04 bits per heavy atom. The summed E-state index contributed by atoms with van der Waals surface area (Å²) in [5.41, 5.74) is 14.3. The minimum atomic E-state index is -0.382. The normalized spacial score (nSPS) is 13.5. The van der Waals surface area contributed by atoms with E-state index < -0.39 is 0 Å².